The Morgan fingerprint density at radius 3 is 0.942 bits per heavy atom. The van der Waals surface area contributed by atoms with E-state index in [9.17, 15) is 0 Å². The molecule has 258 valence electrons. The van der Waals surface area contributed by atoms with Crippen molar-refractivity contribution in [3.63, 3.8) is 0 Å². The molecule has 0 unspecified atom stereocenters. The van der Waals surface area contributed by atoms with E-state index >= 15 is 0 Å². The summed E-state index contributed by atoms with van der Waals surface area (Å²) in [5.41, 5.74) is 9.55. The molecule has 0 spiro atoms. The first-order chi connectivity index (χ1) is 24.8. The van der Waals surface area contributed by atoms with E-state index in [1.807, 2.05) is 0 Å². The summed E-state index contributed by atoms with van der Waals surface area (Å²) < 4.78 is 0. The Hall–Kier alpha value is -5.17. The maximum absolute atomic E-state index is 2.42. The zero-order chi connectivity index (χ0) is 36.4. The molecule has 8 aromatic rings. The topological polar surface area (TPSA) is 6.48 Å². The van der Waals surface area contributed by atoms with Crippen LogP contribution in [-0.2, 0) is 0 Å². The standard InChI is InChI=1S/C48H48N2Si2/c1-33-11-9-13-41(27-33)49(39-19-23-45(24-20-39)51(3,4)5)43-29-35-15-17-37-31-44(32-38-18-16-36(30-43)47(35)48(37)38)50(42-14-10-12-34(2)28-42)40-21-25-46(26-22-40)52(6,7)8/h9-32H,1-8H3. The van der Waals surface area contributed by atoms with Crippen LogP contribution in [0.2, 0.25) is 39.3 Å². The van der Waals surface area contributed by atoms with Crippen LogP contribution < -0.4 is 20.2 Å². The van der Waals surface area contributed by atoms with Crippen molar-refractivity contribution in [2.45, 2.75) is 53.1 Å². The lowest BCUT2D eigenvalue weighted by Crippen LogP contribution is -2.37. The Morgan fingerprint density at radius 2 is 0.654 bits per heavy atom. The quantitative estimate of drug-likeness (QED) is 0.115. The number of nitrogens with zero attached hydrogens (tertiary/aromatic N) is 2. The number of aryl methyl sites for hydroxylation is 2. The molecule has 0 amide bonds. The normalized spacial score (nSPS) is 12.2. The van der Waals surface area contributed by atoms with E-state index < -0.39 is 16.1 Å². The number of hydrogen-bond donors (Lipinski definition) is 0. The van der Waals surface area contributed by atoms with E-state index in [1.54, 1.807) is 0 Å². The van der Waals surface area contributed by atoms with Gasteiger partial charge in [0.2, 0.25) is 0 Å². The predicted octanol–water partition coefficient (Wildman–Crippen LogP) is 13.2. The van der Waals surface area contributed by atoms with Crippen molar-refractivity contribution in [3.05, 3.63) is 157 Å². The Bertz CT molecular complexity index is 2310. The fraction of sp³-hybridized carbons (Fsp3) is 0.167. The molecule has 0 heterocycles. The number of hydrogen-bond acceptors (Lipinski definition) is 2. The van der Waals surface area contributed by atoms with Crippen LogP contribution in [0.1, 0.15) is 11.1 Å². The monoisotopic (exact) mass is 708 g/mol. The molecule has 8 rings (SSSR count). The largest absolute Gasteiger partial charge is 0.310 e. The molecule has 0 aromatic heterocycles. The van der Waals surface area contributed by atoms with E-state index in [0.717, 1.165) is 0 Å². The minimum atomic E-state index is -1.42. The first-order valence-corrected chi connectivity index (χ1v) is 25.5. The lowest BCUT2D eigenvalue weighted by molar-refractivity contribution is 1.28. The van der Waals surface area contributed by atoms with Gasteiger partial charge < -0.3 is 9.80 Å². The summed E-state index contributed by atoms with van der Waals surface area (Å²) in [7, 11) is -2.84. The third-order valence-corrected chi connectivity index (χ3v) is 14.7. The molecule has 0 fully saturated rings. The summed E-state index contributed by atoms with van der Waals surface area (Å²) in [5.74, 6) is 0. The number of benzene rings is 8. The fourth-order valence-electron chi connectivity index (χ4n) is 7.71. The van der Waals surface area contributed by atoms with Gasteiger partial charge in [-0.2, -0.15) is 0 Å². The number of anilines is 6. The number of rotatable bonds is 8. The molecular formula is C48H48N2Si2. The van der Waals surface area contributed by atoms with Gasteiger partial charge in [0, 0.05) is 34.1 Å². The molecule has 0 aliphatic rings. The first-order valence-electron chi connectivity index (χ1n) is 18.5. The van der Waals surface area contributed by atoms with Crippen molar-refractivity contribution in [2.24, 2.45) is 0 Å². The third kappa shape index (κ3) is 6.31. The highest BCUT2D eigenvalue weighted by Crippen LogP contribution is 2.44. The molecule has 52 heavy (non-hydrogen) atoms. The molecule has 0 aliphatic carbocycles. The van der Waals surface area contributed by atoms with Gasteiger partial charge >= 0.3 is 0 Å². The van der Waals surface area contributed by atoms with Crippen molar-refractivity contribution in [1.29, 1.82) is 0 Å². The van der Waals surface area contributed by atoms with Gasteiger partial charge in [-0.15, -0.1) is 0 Å². The lowest BCUT2D eigenvalue weighted by atomic mass is 9.92. The van der Waals surface area contributed by atoms with Crippen LogP contribution in [-0.4, -0.2) is 16.1 Å². The molecular weight excluding hydrogens is 661 g/mol. The Labute approximate surface area is 311 Å². The second-order valence-corrected chi connectivity index (χ2v) is 26.8. The minimum absolute atomic E-state index is 1.17. The predicted molar refractivity (Wildman–Crippen MR) is 235 cm³/mol. The van der Waals surface area contributed by atoms with Gasteiger partial charge in [-0.1, -0.05) is 122 Å². The van der Waals surface area contributed by atoms with Crippen LogP contribution >= 0.6 is 0 Å². The smallest absolute Gasteiger partial charge is 0.0775 e. The average molecular weight is 709 g/mol. The lowest BCUT2D eigenvalue weighted by Gasteiger charge is -2.28. The summed E-state index contributed by atoms with van der Waals surface area (Å²) in [5, 5.41) is 10.6. The Kier molecular flexibility index (Phi) is 8.36. The van der Waals surface area contributed by atoms with Gasteiger partial charge in [0.15, 0.2) is 0 Å². The van der Waals surface area contributed by atoms with Crippen LogP contribution in [0.3, 0.4) is 0 Å². The zero-order valence-electron chi connectivity index (χ0n) is 31.8. The van der Waals surface area contributed by atoms with Crippen molar-refractivity contribution in [2.75, 3.05) is 9.80 Å². The van der Waals surface area contributed by atoms with E-state index in [0.29, 0.717) is 0 Å². The van der Waals surface area contributed by atoms with Crippen LogP contribution in [0, 0.1) is 13.8 Å². The van der Waals surface area contributed by atoms with Crippen LogP contribution in [0.15, 0.2) is 146 Å². The fourth-order valence-corrected chi connectivity index (χ4v) is 10.0. The molecule has 2 nitrogen and oxygen atoms in total. The first kappa shape index (κ1) is 33.9. The molecule has 0 radical (unpaired) electrons. The van der Waals surface area contributed by atoms with Gasteiger partial charge in [-0.3, -0.25) is 0 Å². The maximum Gasteiger partial charge on any atom is 0.0775 e. The van der Waals surface area contributed by atoms with Crippen molar-refractivity contribution < 1.29 is 0 Å². The van der Waals surface area contributed by atoms with Gasteiger partial charge in [0.1, 0.15) is 0 Å². The summed E-state index contributed by atoms with van der Waals surface area (Å²) >= 11 is 0. The molecule has 0 saturated heterocycles. The van der Waals surface area contributed by atoms with Gasteiger partial charge in [0.25, 0.3) is 0 Å². The van der Waals surface area contributed by atoms with Crippen molar-refractivity contribution >= 4 is 93.0 Å². The average Bonchev–Trinajstić information content (AvgIpc) is 3.10. The SMILES string of the molecule is Cc1cccc(N(c2ccc([Si](C)(C)C)cc2)c2cc3ccc4cc(N(c5ccc([Si](C)(C)C)cc5)c5cccc(C)c5)cc5ccc(c2)c3c45)c1. The van der Waals surface area contributed by atoms with Gasteiger partial charge in [-0.05, 0) is 130 Å². The summed E-state index contributed by atoms with van der Waals surface area (Å²) in [6, 6.07) is 55.1. The molecule has 0 saturated carbocycles. The van der Waals surface area contributed by atoms with Crippen LogP contribution in [0.5, 0.6) is 0 Å². The van der Waals surface area contributed by atoms with Crippen LogP contribution in [0.25, 0.3) is 32.3 Å². The second kappa shape index (κ2) is 12.8. The van der Waals surface area contributed by atoms with Crippen molar-refractivity contribution in [1.82, 2.24) is 0 Å². The highest BCUT2D eigenvalue weighted by atomic mass is 28.3. The highest BCUT2D eigenvalue weighted by molar-refractivity contribution is 6.89. The molecule has 8 aromatic carbocycles. The van der Waals surface area contributed by atoms with Crippen LogP contribution in [0.4, 0.5) is 34.1 Å². The van der Waals surface area contributed by atoms with Gasteiger partial charge in [-0.25, -0.2) is 0 Å². The van der Waals surface area contributed by atoms with E-state index in [2.05, 4.69) is 209 Å². The molecule has 0 aliphatic heterocycles. The second-order valence-electron chi connectivity index (χ2n) is 16.6. The molecule has 0 N–H and O–H groups in total. The third-order valence-electron chi connectivity index (χ3n) is 10.5. The zero-order valence-corrected chi connectivity index (χ0v) is 33.8. The molecule has 4 heteroatoms. The van der Waals surface area contributed by atoms with E-state index in [1.165, 1.54) is 87.9 Å². The van der Waals surface area contributed by atoms with Gasteiger partial charge in [0.05, 0.1) is 16.1 Å². The minimum Gasteiger partial charge on any atom is -0.310 e. The molecule has 0 bridgehead atoms. The highest BCUT2D eigenvalue weighted by Gasteiger charge is 2.22. The summed E-state index contributed by atoms with van der Waals surface area (Å²) in [4.78, 5) is 4.83. The van der Waals surface area contributed by atoms with E-state index in [-0.39, 0.29) is 0 Å². The summed E-state index contributed by atoms with van der Waals surface area (Å²) in [6.07, 6.45) is 0. The molecule has 0 atom stereocenters. The Morgan fingerprint density at radius 1 is 0.327 bits per heavy atom. The summed E-state index contributed by atoms with van der Waals surface area (Å²) in [6.45, 7) is 18.8. The maximum atomic E-state index is 2.42. The van der Waals surface area contributed by atoms with E-state index in [4.69, 9.17) is 0 Å². The van der Waals surface area contributed by atoms with Crippen molar-refractivity contribution in [3.8, 4) is 0 Å². The Balaban J connectivity index is 1.28.